The Hall–Kier alpha value is -3.31. The molecule has 0 bridgehead atoms. The molecule has 1 aliphatic rings. The number of anilines is 1. The van der Waals surface area contributed by atoms with E-state index in [0.29, 0.717) is 18.2 Å². The normalized spacial score (nSPS) is 13.8. The first-order chi connectivity index (χ1) is 16.0. The summed E-state index contributed by atoms with van der Waals surface area (Å²) in [6, 6.07) is 13.2. The summed E-state index contributed by atoms with van der Waals surface area (Å²) < 4.78 is 15.5. The lowest BCUT2D eigenvalue weighted by atomic mass is 10.2. The SMILES string of the molecule is O=C(CSc1nnc(CN2CCCC2)n1Cc1ccccc1)Nc1ccc(F)c([N+](=O)[O-])c1. The monoisotopic (exact) mass is 470 g/mol. The molecule has 1 amide bonds. The molecule has 1 fully saturated rings. The van der Waals surface area contributed by atoms with Crippen molar-refractivity contribution in [1.82, 2.24) is 19.7 Å². The van der Waals surface area contributed by atoms with Crippen LogP contribution in [0.4, 0.5) is 15.8 Å². The number of likely N-dealkylation sites (tertiary alicyclic amines) is 1. The number of rotatable bonds is 9. The van der Waals surface area contributed by atoms with Gasteiger partial charge < -0.3 is 9.88 Å². The third-order valence-electron chi connectivity index (χ3n) is 5.30. The average molecular weight is 471 g/mol. The van der Waals surface area contributed by atoms with Gasteiger partial charge in [-0.25, -0.2) is 0 Å². The van der Waals surface area contributed by atoms with Crippen molar-refractivity contribution in [2.24, 2.45) is 0 Å². The van der Waals surface area contributed by atoms with Gasteiger partial charge >= 0.3 is 5.69 Å². The number of aromatic nitrogens is 3. The van der Waals surface area contributed by atoms with Crippen molar-refractivity contribution >= 4 is 29.0 Å². The molecule has 0 atom stereocenters. The van der Waals surface area contributed by atoms with Crippen molar-refractivity contribution in [3.05, 3.63) is 75.9 Å². The number of hydrogen-bond acceptors (Lipinski definition) is 7. The van der Waals surface area contributed by atoms with E-state index in [1.165, 1.54) is 30.7 Å². The Morgan fingerprint density at radius 3 is 2.61 bits per heavy atom. The van der Waals surface area contributed by atoms with Crippen LogP contribution in [-0.4, -0.2) is 49.3 Å². The minimum atomic E-state index is -0.952. The van der Waals surface area contributed by atoms with Crippen LogP contribution in [0.2, 0.25) is 0 Å². The summed E-state index contributed by atoms with van der Waals surface area (Å²) in [4.78, 5) is 24.9. The third kappa shape index (κ3) is 5.93. The number of halogens is 1. The van der Waals surface area contributed by atoms with Crippen molar-refractivity contribution in [2.75, 3.05) is 24.2 Å². The summed E-state index contributed by atoms with van der Waals surface area (Å²) in [6.45, 7) is 3.36. The van der Waals surface area contributed by atoms with Gasteiger partial charge in [0.1, 0.15) is 5.82 Å². The topological polar surface area (TPSA) is 106 Å². The predicted molar refractivity (Wildman–Crippen MR) is 122 cm³/mol. The van der Waals surface area contributed by atoms with Gasteiger partial charge in [0.05, 0.1) is 23.8 Å². The van der Waals surface area contributed by atoms with E-state index in [1.807, 2.05) is 34.9 Å². The Bertz CT molecular complexity index is 1130. The summed E-state index contributed by atoms with van der Waals surface area (Å²) in [5.74, 6) is -0.456. The van der Waals surface area contributed by atoms with E-state index in [0.717, 1.165) is 36.6 Å². The van der Waals surface area contributed by atoms with Crippen molar-refractivity contribution in [3.63, 3.8) is 0 Å². The highest BCUT2D eigenvalue weighted by atomic mass is 32.2. The average Bonchev–Trinajstić information content (AvgIpc) is 3.45. The van der Waals surface area contributed by atoms with Gasteiger partial charge in [-0.1, -0.05) is 42.1 Å². The molecule has 33 heavy (non-hydrogen) atoms. The van der Waals surface area contributed by atoms with Crippen LogP contribution in [0.25, 0.3) is 0 Å². The van der Waals surface area contributed by atoms with Gasteiger partial charge in [0.25, 0.3) is 0 Å². The number of benzene rings is 2. The molecular formula is C22H23FN6O3S. The summed E-state index contributed by atoms with van der Waals surface area (Å²) in [6.07, 6.45) is 2.35. The zero-order valence-electron chi connectivity index (χ0n) is 17.8. The molecule has 9 nitrogen and oxygen atoms in total. The third-order valence-corrected chi connectivity index (χ3v) is 6.27. The Kier molecular flexibility index (Phi) is 7.30. The van der Waals surface area contributed by atoms with Gasteiger partial charge in [0.15, 0.2) is 5.16 Å². The van der Waals surface area contributed by atoms with Gasteiger partial charge in [-0.2, -0.15) is 4.39 Å². The first-order valence-corrected chi connectivity index (χ1v) is 11.5. The molecule has 4 rings (SSSR count). The number of thioether (sulfide) groups is 1. The van der Waals surface area contributed by atoms with Gasteiger partial charge in [-0.3, -0.25) is 19.8 Å². The van der Waals surface area contributed by atoms with Crippen molar-refractivity contribution < 1.29 is 14.1 Å². The second kappa shape index (κ2) is 10.5. The zero-order chi connectivity index (χ0) is 23.2. The second-order valence-corrected chi connectivity index (χ2v) is 8.66. The number of nitro groups is 1. The minimum absolute atomic E-state index is 0.0296. The van der Waals surface area contributed by atoms with E-state index < -0.39 is 16.4 Å². The summed E-state index contributed by atoms with van der Waals surface area (Å²) in [5.41, 5.74) is 0.577. The lowest BCUT2D eigenvalue weighted by Crippen LogP contribution is -2.22. The number of carbonyl (C=O) groups excluding carboxylic acids is 1. The zero-order valence-corrected chi connectivity index (χ0v) is 18.6. The maximum atomic E-state index is 13.5. The molecule has 1 saturated heterocycles. The second-order valence-electron chi connectivity index (χ2n) is 7.71. The van der Waals surface area contributed by atoms with Crippen LogP contribution in [0.15, 0.2) is 53.7 Å². The first-order valence-electron chi connectivity index (χ1n) is 10.5. The Balaban J connectivity index is 1.45. The van der Waals surface area contributed by atoms with Crippen LogP contribution >= 0.6 is 11.8 Å². The number of carbonyl (C=O) groups is 1. The fourth-order valence-electron chi connectivity index (χ4n) is 3.67. The number of nitrogens with one attached hydrogen (secondary N) is 1. The lowest BCUT2D eigenvalue weighted by molar-refractivity contribution is -0.387. The highest BCUT2D eigenvalue weighted by Crippen LogP contribution is 2.24. The highest BCUT2D eigenvalue weighted by molar-refractivity contribution is 7.99. The minimum Gasteiger partial charge on any atom is -0.325 e. The fourth-order valence-corrected chi connectivity index (χ4v) is 4.42. The molecule has 1 aliphatic heterocycles. The van der Waals surface area contributed by atoms with Gasteiger partial charge in [0.2, 0.25) is 11.7 Å². The Morgan fingerprint density at radius 1 is 1.12 bits per heavy atom. The van der Waals surface area contributed by atoms with E-state index in [9.17, 15) is 19.3 Å². The first kappa shape index (κ1) is 22.9. The predicted octanol–water partition coefficient (Wildman–Crippen LogP) is 3.70. The molecule has 0 saturated carbocycles. The Labute approximate surface area is 194 Å². The molecule has 0 radical (unpaired) electrons. The molecule has 2 heterocycles. The van der Waals surface area contributed by atoms with E-state index in [1.54, 1.807) is 0 Å². The quantitative estimate of drug-likeness (QED) is 0.289. The van der Waals surface area contributed by atoms with Gasteiger partial charge in [0, 0.05) is 11.8 Å². The van der Waals surface area contributed by atoms with Crippen molar-refractivity contribution in [3.8, 4) is 0 Å². The van der Waals surface area contributed by atoms with E-state index in [4.69, 9.17) is 0 Å². The number of hydrogen-bond donors (Lipinski definition) is 1. The highest BCUT2D eigenvalue weighted by Gasteiger charge is 2.20. The van der Waals surface area contributed by atoms with Crippen LogP contribution in [0.3, 0.4) is 0 Å². The van der Waals surface area contributed by atoms with Crippen molar-refractivity contribution in [1.29, 1.82) is 0 Å². The molecule has 172 valence electrons. The molecule has 0 unspecified atom stereocenters. The fraction of sp³-hybridized carbons (Fsp3) is 0.318. The van der Waals surface area contributed by atoms with Gasteiger partial charge in [-0.05, 0) is 43.6 Å². The van der Waals surface area contributed by atoms with Crippen molar-refractivity contribution in [2.45, 2.75) is 31.1 Å². The standard InChI is InChI=1S/C22H23FN6O3S/c23-18-9-8-17(12-19(18)29(31)32)24-21(30)15-33-22-26-25-20(14-27-10-4-5-11-27)28(22)13-16-6-2-1-3-7-16/h1-3,6-9,12H,4-5,10-11,13-15H2,(H,24,30). The molecule has 1 aromatic heterocycles. The summed E-state index contributed by atoms with van der Waals surface area (Å²) in [7, 11) is 0. The number of nitro benzene ring substituents is 1. The Morgan fingerprint density at radius 2 is 1.88 bits per heavy atom. The lowest BCUT2D eigenvalue weighted by Gasteiger charge is -2.16. The molecule has 1 N–H and O–H groups in total. The van der Waals surface area contributed by atoms with E-state index in [-0.39, 0.29) is 17.3 Å². The molecule has 0 aliphatic carbocycles. The maximum absolute atomic E-state index is 13.5. The molecule has 11 heteroatoms. The molecule has 0 spiro atoms. The molecule has 2 aromatic carbocycles. The molecular weight excluding hydrogens is 447 g/mol. The van der Waals surface area contributed by atoms with Crippen LogP contribution < -0.4 is 5.32 Å². The van der Waals surface area contributed by atoms with E-state index in [2.05, 4.69) is 20.4 Å². The van der Waals surface area contributed by atoms with Crippen LogP contribution in [0, 0.1) is 15.9 Å². The number of amides is 1. The maximum Gasteiger partial charge on any atom is 0.306 e. The number of nitrogens with zero attached hydrogens (tertiary/aromatic N) is 5. The summed E-state index contributed by atoms with van der Waals surface area (Å²) >= 11 is 1.24. The van der Waals surface area contributed by atoms with Crippen LogP contribution in [-0.2, 0) is 17.9 Å². The summed E-state index contributed by atoms with van der Waals surface area (Å²) in [5, 5.41) is 22.8. The smallest absolute Gasteiger partial charge is 0.306 e. The molecule has 3 aromatic rings. The van der Waals surface area contributed by atoms with Gasteiger partial charge in [-0.15, -0.1) is 10.2 Å². The largest absolute Gasteiger partial charge is 0.325 e. The van der Waals surface area contributed by atoms with Crippen LogP contribution in [0.1, 0.15) is 24.2 Å². The van der Waals surface area contributed by atoms with E-state index >= 15 is 0 Å². The van der Waals surface area contributed by atoms with Crippen LogP contribution in [0.5, 0.6) is 0 Å².